The highest BCUT2D eigenvalue weighted by Crippen LogP contribution is 2.13. The third-order valence-electron chi connectivity index (χ3n) is 2.40. The van der Waals surface area contributed by atoms with Gasteiger partial charge < -0.3 is 9.64 Å². The number of nitrogens with zero attached hydrogens (tertiary/aromatic N) is 2. The van der Waals surface area contributed by atoms with Gasteiger partial charge in [0.15, 0.2) is 0 Å². The molecule has 1 amide bonds. The van der Waals surface area contributed by atoms with Crippen molar-refractivity contribution in [2.24, 2.45) is 0 Å². The maximum absolute atomic E-state index is 11.3. The number of carbonyl (C=O) groups excluding carboxylic acids is 1. The molecule has 0 spiro atoms. The van der Waals surface area contributed by atoms with Crippen LogP contribution in [0.5, 0.6) is 0 Å². The van der Waals surface area contributed by atoms with E-state index in [-0.39, 0.29) is 12.7 Å². The Morgan fingerprint density at radius 3 is 2.94 bits per heavy atom. The normalized spacial score (nSPS) is 10.2. The number of pyridine rings is 1. The average molecular weight is 230 g/mol. The van der Waals surface area contributed by atoms with Crippen LogP contribution < -0.4 is 0 Å². The van der Waals surface area contributed by atoms with E-state index in [9.17, 15) is 4.79 Å². The second-order valence-corrected chi connectivity index (χ2v) is 3.98. The minimum absolute atomic E-state index is 0.267. The lowest BCUT2D eigenvalue weighted by Crippen LogP contribution is -2.22. The van der Waals surface area contributed by atoms with Gasteiger partial charge in [0.05, 0.1) is 5.52 Å². The molecule has 0 aliphatic carbocycles. The molecular weight excluding hydrogens is 216 g/mol. The van der Waals surface area contributed by atoms with Crippen molar-refractivity contribution in [2.75, 3.05) is 14.1 Å². The molecule has 88 valence electrons. The summed E-state index contributed by atoms with van der Waals surface area (Å²) in [6, 6.07) is 9.73. The van der Waals surface area contributed by atoms with Gasteiger partial charge in [-0.1, -0.05) is 18.2 Å². The van der Waals surface area contributed by atoms with Crippen molar-refractivity contribution in [2.45, 2.75) is 6.61 Å². The summed E-state index contributed by atoms with van der Waals surface area (Å²) >= 11 is 0. The van der Waals surface area contributed by atoms with Crippen molar-refractivity contribution in [1.82, 2.24) is 9.88 Å². The molecule has 0 saturated carbocycles. The van der Waals surface area contributed by atoms with Crippen LogP contribution in [-0.2, 0) is 11.3 Å². The Kier molecular flexibility index (Phi) is 3.23. The van der Waals surface area contributed by atoms with Crippen LogP contribution in [-0.4, -0.2) is 30.1 Å². The van der Waals surface area contributed by atoms with E-state index in [4.69, 9.17) is 4.74 Å². The summed E-state index contributed by atoms with van der Waals surface area (Å²) in [6.07, 6.45) is 1.41. The molecule has 0 unspecified atom stereocenters. The van der Waals surface area contributed by atoms with Gasteiger partial charge >= 0.3 is 6.09 Å². The first-order valence-electron chi connectivity index (χ1n) is 5.34. The minimum atomic E-state index is -0.342. The molecule has 0 bridgehead atoms. The number of benzene rings is 1. The molecule has 1 aromatic carbocycles. The highest BCUT2D eigenvalue weighted by molar-refractivity contribution is 5.78. The van der Waals surface area contributed by atoms with E-state index in [2.05, 4.69) is 4.98 Å². The predicted molar refractivity (Wildman–Crippen MR) is 65.6 cm³/mol. The maximum atomic E-state index is 11.3. The zero-order valence-corrected chi connectivity index (χ0v) is 9.88. The van der Waals surface area contributed by atoms with E-state index < -0.39 is 0 Å². The van der Waals surface area contributed by atoms with Crippen LogP contribution in [0.15, 0.2) is 36.5 Å². The molecule has 17 heavy (non-hydrogen) atoms. The monoisotopic (exact) mass is 230 g/mol. The first kappa shape index (κ1) is 11.4. The molecule has 4 heteroatoms. The van der Waals surface area contributed by atoms with Gasteiger partial charge in [0.2, 0.25) is 0 Å². The summed E-state index contributed by atoms with van der Waals surface area (Å²) in [5, 5.41) is 1.08. The van der Waals surface area contributed by atoms with E-state index >= 15 is 0 Å². The van der Waals surface area contributed by atoms with E-state index in [0.717, 1.165) is 16.5 Å². The second-order valence-electron chi connectivity index (χ2n) is 3.98. The highest BCUT2D eigenvalue weighted by Gasteiger charge is 2.05. The van der Waals surface area contributed by atoms with Crippen molar-refractivity contribution < 1.29 is 9.53 Å². The standard InChI is InChI=1S/C13H14N2O2/c1-15(2)13(16)17-9-10-5-6-11-4-3-7-14-12(11)8-10/h3-8H,9H2,1-2H3. The Balaban J connectivity index is 2.12. The quantitative estimate of drug-likeness (QED) is 0.795. The largest absolute Gasteiger partial charge is 0.445 e. The van der Waals surface area contributed by atoms with Gasteiger partial charge in [-0.15, -0.1) is 0 Å². The molecule has 0 atom stereocenters. The molecule has 0 aliphatic heterocycles. The van der Waals surface area contributed by atoms with Crippen LogP contribution in [0.1, 0.15) is 5.56 Å². The Hall–Kier alpha value is -2.10. The molecule has 0 aliphatic rings. The lowest BCUT2D eigenvalue weighted by atomic mass is 10.1. The fourth-order valence-corrected chi connectivity index (χ4v) is 1.48. The van der Waals surface area contributed by atoms with Crippen LogP contribution in [0.4, 0.5) is 4.79 Å². The number of hydrogen-bond acceptors (Lipinski definition) is 3. The number of rotatable bonds is 2. The molecule has 0 fully saturated rings. The summed E-state index contributed by atoms with van der Waals surface area (Å²) < 4.78 is 5.10. The molecule has 0 N–H and O–H groups in total. The van der Waals surface area contributed by atoms with Gasteiger partial charge in [-0.2, -0.15) is 0 Å². The van der Waals surface area contributed by atoms with Gasteiger partial charge in [-0.05, 0) is 17.7 Å². The van der Waals surface area contributed by atoms with Crippen LogP contribution in [0.2, 0.25) is 0 Å². The maximum Gasteiger partial charge on any atom is 0.409 e. The van der Waals surface area contributed by atoms with Crippen LogP contribution in [0, 0.1) is 0 Å². The van der Waals surface area contributed by atoms with Gasteiger partial charge in [-0.25, -0.2) is 4.79 Å². The predicted octanol–water partition coefficient (Wildman–Crippen LogP) is 2.43. The van der Waals surface area contributed by atoms with Gasteiger partial charge in [0.25, 0.3) is 0 Å². The van der Waals surface area contributed by atoms with Gasteiger partial charge in [0, 0.05) is 25.7 Å². The van der Waals surface area contributed by atoms with E-state index in [0.29, 0.717) is 0 Å². The summed E-state index contributed by atoms with van der Waals surface area (Å²) in [7, 11) is 3.31. The van der Waals surface area contributed by atoms with Crippen molar-refractivity contribution in [3.05, 3.63) is 42.1 Å². The van der Waals surface area contributed by atoms with Crippen molar-refractivity contribution >= 4 is 17.0 Å². The zero-order valence-electron chi connectivity index (χ0n) is 9.88. The topological polar surface area (TPSA) is 42.4 Å². The Morgan fingerprint density at radius 1 is 1.35 bits per heavy atom. The number of fused-ring (bicyclic) bond motifs is 1. The number of amides is 1. The first-order chi connectivity index (χ1) is 8.16. The Morgan fingerprint density at radius 2 is 2.18 bits per heavy atom. The summed E-state index contributed by atoms with van der Waals surface area (Å²) in [6.45, 7) is 0.267. The molecule has 1 heterocycles. The van der Waals surface area contributed by atoms with Crippen molar-refractivity contribution in [3.8, 4) is 0 Å². The fraction of sp³-hybridized carbons (Fsp3) is 0.231. The third kappa shape index (κ3) is 2.72. The molecular formula is C13H14N2O2. The van der Waals surface area contributed by atoms with Crippen LogP contribution in [0.25, 0.3) is 10.9 Å². The van der Waals surface area contributed by atoms with Gasteiger partial charge in [0.1, 0.15) is 6.61 Å². The number of aromatic nitrogens is 1. The molecule has 1 aromatic heterocycles. The summed E-state index contributed by atoms with van der Waals surface area (Å²) in [5.74, 6) is 0. The van der Waals surface area contributed by atoms with Crippen LogP contribution >= 0.6 is 0 Å². The molecule has 0 saturated heterocycles. The molecule has 0 radical (unpaired) electrons. The molecule has 4 nitrogen and oxygen atoms in total. The lowest BCUT2D eigenvalue weighted by molar-refractivity contribution is 0.112. The molecule has 2 rings (SSSR count). The highest BCUT2D eigenvalue weighted by atomic mass is 16.6. The number of hydrogen-bond donors (Lipinski definition) is 0. The third-order valence-corrected chi connectivity index (χ3v) is 2.40. The van der Waals surface area contributed by atoms with Crippen LogP contribution in [0.3, 0.4) is 0 Å². The Bertz CT molecular complexity index is 538. The number of carbonyl (C=O) groups is 1. The minimum Gasteiger partial charge on any atom is -0.445 e. The van der Waals surface area contributed by atoms with E-state index in [1.165, 1.54) is 4.90 Å². The smallest absolute Gasteiger partial charge is 0.409 e. The zero-order chi connectivity index (χ0) is 12.3. The van der Waals surface area contributed by atoms with Crippen molar-refractivity contribution in [3.63, 3.8) is 0 Å². The summed E-state index contributed by atoms with van der Waals surface area (Å²) in [5.41, 5.74) is 1.84. The first-order valence-corrected chi connectivity index (χ1v) is 5.34. The number of ether oxygens (including phenoxy) is 1. The fourth-order valence-electron chi connectivity index (χ4n) is 1.48. The molecule has 2 aromatic rings. The SMILES string of the molecule is CN(C)C(=O)OCc1ccc2cccnc2c1. The average Bonchev–Trinajstić information content (AvgIpc) is 2.35. The van der Waals surface area contributed by atoms with E-state index in [1.807, 2.05) is 30.3 Å². The van der Waals surface area contributed by atoms with E-state index in [1.54, 1.807) is 20.3 Å². The van der Waals surface area contributed by atoms with Gasteiger partial charge in [-0.3, -0.25) is 4.98 Å². The lowest BCUT2D eigenvalue weighted by Gasteiger charge is -2.11. The Labute approximate surface area is 99.8 Å². The van der Waals surface area contributed by atoms with Crippen molar-refractivity contribution in [1.29, 1.82) is 0 Å². The summed E-state index contributed by atoms with van der Waals surface area (Å²) in [4.78, 5) is 16.9. The second kappa shape index (κ2) is 4.82.